The molecule has 1 atom stereocenters. The monoisotopic (exact) mass is 549 g/mol. The Morgan fingerprint density at radius 3 is 2.56 bits per heavy atom. The van der Waals surface area contributed by atoms with Gasteiger partial charge in [0, 0.05) is 30.9 Å². The highest BCUT2D eigenvalue weighted by atomic mass is 32.2. The number of nitrogens with one attached hydrogen (secondary N) is 2. The van der Waals surface area contributed by atoms with Crippen molar-refractivity contribution in [2.24, 2.45) is 0 Å². The molecule has 0 bridgehead atoms. The molecule has 39 heavy (non-hydrogen) atoms. The van der Waals surface area contributed by atoms with Crippen molar-refractivity contribution in [2.45, 2.75) is 18.9 Å². The zero-order chi connectivity index (χ0) is 27.4. The number of benzene rings is 2. The zero-order valence-electron chi connectivity index (χ0n) is 21.2. The Kier molecular flexibility index (Phi) is 7.57. The van der Waals surface area contributed by atoms with E-state index in [1.807, 2.05) is 30.3 Å². The molecule has 1 aliphatic heterocycles. The highest BCUT2D eigenvalue weighted by Crippen LogP contribution is 2.28. The number of amides is 1. The molecule has 1 aliphatic rings. The highest BCUT2D eigenvalue weighted by Gasteiger charge is 2.29. The molecular formula is C27H27N5O6S. The molecule has 1 amide bonds. The summed E-state index contributed by atoms with van der Waals surface area (Å²) in [4.78, 5) is 39.2. The molecule has 0 saturated carbocycles. The molecule has 1 fully saturated rings. The average molecular weight is 550 g/mol. The molecule has 0 aliphatic carbocycles. The number of ketones is 1. The number of H-pyrrole nitrogens is 1. The number of ether oxygens (including phenoxy) is 1. The van der Waals surface area contributed by atoms with Crippen molar-refractivity contribution >= 4 is 38.7 Å². The van der Waals surface area contributed by atoms with Gasteiger partial charge >= 0.3 is 0 Å². The van der Waals surface area contributed by atoms with Crippen LogP contribution in [0.5, 0.6) is 11.5 Å². The average Bonchev–Trinajstić information content (AvgIpc) is 3.58. The van der Waals surface area contributed by atoms with Crippen LogP contribution < -0.4 is 10.1 Å². The molecule has 1 unspecified atom stereocenters. The zero-order valence-corrected chi connectivity index (χ0v) is 22.0. The van der Waals surface area contributed by atoms with Crippen molar-refractivity contribution in [1.29, 1.82) is 0 Å². The molecule has 11 nitrogen and oxygen atoms in total. The standard InChI is InChI=1S/C27H27N5O6S/c1-39(35,36)37-16-23(33)32-13-5-6-19(32)14-28-26-24-22(15-29-27(24)31-17-30-26)25(34)18-9-11-21(12-10-18)38-20-7-3-2-4-8-20/h2-4,7-12,15,17,19H,5-6,13-14,16H2,1H3,(H2,28,29,30,31). The highest BCUT2D eigenvalue weighted by molar-refractivity contribution is 7.86. The summed E-state index contributed by atoms with van der Waals surface area (Å²) >= 11 is 0. The predicted molar refractivity (Wildman–Crippen MR) is 144 cm³/mol. The van der Waals surface area contributed by atoms with Crippen molar-refractivity contribution in [2.75, 3.05) is 31.3 Å². The quantitative estimate of drug-likeness (QED) is 0.225. The van der Waals surface area contributed by atoms with E-state index < -0.39 is 22.6 Å². The van der Waals surface area contributed by atoms with Gasteiger partial charge in [-0.3, -0.25) is 13.8 Å². The SMILES string of the molecule is CS(=O)(=O)OCC(=O)N1CCCC1CNc1ncnc2[nH]cc(C(=O)c3ccc(Oc4ccccc4)cc3)c12. The Morgan fingerprint density at radius 2 is 1.82 bits per heavy atom. The third-order valence-electron chi connectivity index (χ3n) is 6.41. The lowest BCUT2D eigenvalue weighted by Crippen LogP contribution is -2.41. The first kappa shape index (κ1) is 26.3. The molecule has 4 aromatic rings. The summed E-state index contributed by atoms with van der Waals surface area (Å²) in [7, 11) is -3.71. The number of nitrogens with zero attached hydrogens (tertiary/aromatic N) is 3. The van der Waals surface area contributed by atoms with Crippen LogP contribution in [0.15, 0.2) is 67.1 Å². The second kappa shape index (κ2) is 11.2. The molecule has 202 valence electrons. The third-order valence-corrected chi connectivity index (χ3v) is 6.95. The van der Waals surface area contributed by atoms with E-state index in [0.29, 0.717) is 52.6 Å². The maximum absolute atomic E-state index is 13.4. The van der Waals surface area contributed by atoms with Crippen LogP contribution in [0.3, 0.4) is 0 Å². The summed E-state index contributed by atoms with van der Waals surface area (Å²) < 4.78 is 33.0. The van der Waals surface area contributed by atoms with E-state index >= 15 is 0 Å². The molecule has 5 rings (SSSR count). The largest absolute Gasteiger partial charge is 0.457 e. The van der Waals surface area contributed by atoms with Gasteiger partial charge in [-0.25, -0.2) is 9.97 Å². The molecule has 2 aromatic carbocycles. The van der Waals surface area contributed by atoms with E-state index in [1.54, 1.807) is 35.4 Å². The van der Waals surface area contributed by atoms with Crippen molar-refractivity contribution in [3.63, 3.8) is 0 Å². The van der Waals surface area contributed by atoms with Gasteiger partial charge in [0.1, 0.15) is 35.9 Å². The predicted octanol–water partition coefficient (Wildman–Crippen LogP) is 3.36. The Morgan fingerprint density at radius 1 is 1.08 bits per heavy atom. The van der Waals surface area contributed by atoms with Gasteiger partial charge in [-0.2, -0.15) is 8.42 Å². The Bertz CT molecular complexity index is 1590. The minimum absolute atomic E-state index is 0.180. The second-order valence-corrected chi connectivity index (χ2v) is 10.8. The van der Waals surface area contributed by atoms with Crippen LogP contribution in [-0.4, -0.2) is 72.0 Å². The number of likely N-dealkylation sites (tertiary alicyclic amines) is 1. The first-order chi connectivity index (χ1) is 18.8. The third kappa shape index (κ3) is 6.24. The van der Waals surface area contributed by atoms with E-state index in [-0.39, 0.29) is 11.8 Å². The van der Waals surface area contributed by atoms with Crippen LogP contribution in [0.4, 0.5) is 5.82 Å². The lowest BCUT2D eigenvalue weighted by Gasteiger charge is -2.25. The van der Waals surface area contributed by atoms with E-state index in [0.717, 1.165) is 19.1 Å². The van der Waals surface area contributed by atoms with Gasteiger partial charge in [0.05, 0.1) is 17.2 Å². The van der Waals surface area contributed by atoms with Crippen LogP contribution >= 0.6 is 0 Å². The first-order valence-corrected chi connectivity index (χ1v) is 14.2. The lowest BCUT2D eigenvalue weighted by molar-refractivity contribution is -0.133. The van der Waals surface area contributed by atoms with Gasteiger partial charge in [0.15, 0.2) is 5.78 Å². The van der Waals surface area contributed by atoms with Crippen molar-refractivity contribution in [1.82, 2.24) is 19.9 Å². The molecule has 2 N–H and O–H groups in total. The lowest BCUT2D eigenvalue weighted by atomic mass is 10.0. The van der Waals surface area contributed by atoms with Crippen LogP contribution in [-0.2, 0) is 19.1 Å². The Hall–Kier alpha value is -4.29. The Balaban J connectivity index is 1.30. The summed E-state index contributed by atoms with van der Waals surface area (Å²) in [6, 6.07) is 16.1. The van der Waals surface area contributed by atoms with Crippen LogP contribution in [0.25, 0.3) is 11.0 Å². The summed E-state index contributed by atoms with van der Waals surface area (Å²) in [5.74, 6) is 1.17. The fraction of sp³-hybridized carbons (Fsp3) is 0.259. The second-order valence-electron chi connectivity index (χ2n) is 9.15. The van der Waals surface area contributed by atoms with E-state index in [9.17, 15) is 18.0 Å². The van der Waals surface area contributed by atoms with Crippen LogP contribution in [0.2, 0.25) is 0 Å². The van der Waals surface area contributed by atoms with E-state index in [1.165, 1.54) is 6.33 Å². The van der Waals surface area contributed by atoms with Crippen molar-refractivity contribution in [3.8, 4) is 11.5 Å². The first-order valence-electron chi connectivity index (χ1n) is 12.4. The topological polar surface area (TPSA) is 144 Å². The molecule has 12 heteroatoms. The maximum Gasteiger partial charge on any atom is 0.264 e. The minimum Gasteiger partial charge on any atom is -0.457 e. The van der Waals surface area contributed by atoms with Gasteiger partial charge in [-0.05, 0) is 49.2 Å². The minimum atomic E-state index is -3.71. The fourth-order valence-electron chi connectivity index (χ4n) is 4.56. The fourth-order valence-corrected chi connectivity index (χ4v) is 4.88. The van der Waals surface area contributed by atoms with Crippen LogP contribution in [0, 0.1) is 0 Å². The number of carbonyl (C=O) groups excluding carboxylic acids is 2. The normalized spacial score (nSPS) is 15.4. The van der Waals surface area contributed by atoms with Gasteiger partial charge in [0.25, 0.3) is 10.1 Å². The summed E-state index contributed by atoms with van der Waals surface area (Å²) in [6.07, 6.45) is 5.43. The molecule has 3 heterocycles. The van der Waals surface area contributed by atoms with Gasteiger partial charge in [-0.1, -0.05) is 18.2 Å². The number of rotatable bonds is 10. The van der Waals surface area contributed by atoms with Crippen molar-refractivity contribution in [3.05, 3.63) is 78.2 Å². The number of hydrogen-bond donors (Lipinski definition) is 2. The summed E-state index contributed by atoms with van der Waals surface area (Å²) in [5.41, 5.74) is 1.39. The summed E-state index contributed by atoms with van der Waals surface area (Å²) in [6.45, 7) is 0.342. The smallest absolute Gasteiger partial charge is 0.264 e. The molecule has 2 aromatic heterocycles. The molecule has 0 spiro atoms. The van der Waals surface area contributed by atoms with Gasteiger partial charge in [-0.15, -0.1) is 0 Å². The number of anilines is 1. The van der Waals surface area contributed by atoms with Crippen molar-refractivity contribution < 1.29 is 26.9 Å². The number of aromatic amines is 1. The van der Waals surface area contributed by atoms with Gasteiger partial charge in [0.2, 0.25) is 5.91 Å². The molecular weight excluding hydrogens is 522 g/mol. The van der Waals surface area contributed by atoms with Crippen LogP contribution in [0.1, 0.15) is 28.8 Å². The summed E-state index contributed by atoms with van der Waals surface area (Å²) in [5, 5.41) is 3.80. The maximum atomic E-state index is 13.4. The number of aromatic nitrogens is 3. The molecule has 0 radical (unpaired) electrons. The molecule has 1 saturated heterocycles. The van der Waals surface area contributed by atoms with E-state index in [4.69, 9.17) is 4.74 Å². The number of hydrogen-bond acceptors (Lipinski definition) is 9. The number of fused-ring (bicyclic) bond motifs is 1. The van der Waals surface area contributed by atoms with Gasteiger partial charge < -0.3 is 19.9 Å². The number of carbonyl (C=O) groups is 2. The van der Waals surface area contributed by atoms with E-state index in [2.05, 4.69) is 24.5 Å². The Labute approximate surface area is 225 Å². The number of para-hydroxylation sites is 1.